The largest absolute Gasteiger partial charge is 0.394 e. The molecule has 17 heavy (non-hydrogen) atoms. The number of nitrogens with zero attached hydrogens (tertiary/aromatic N) is 1. The summed E-state index contributed by atoms with van der Waals surface area (Å²) in [6.45, 7) is -0.536. The van der Waals surface area contributed by atoms with E-state index in [1.807, 2.05) is 0 Å². The molecule has 0 aromatic carbocycles. The van der Waals surface area contributed by atoms with E-state index in [9.17, 15) is 14.3 Å². The summed E-state index contributed by atoms with van der Waals surface area (Å²) < 4.78 is 19.9. The summed E-state index contributed by atoms with van der Waals surface area (Å²) in [5.41, 5.74) is -0.394. The van der Waals surface area contributed by atoms with Gasteiger partial charge in [0.25, 0.3) is 5.56 Å². The van der Waals surface area contributed by atoms with Crippen molar-refractivity contribution in [1.82, 2.24) is 9.55 Å². The molecule has 1 fully saturated rings. The number of aliphatic hydroxyl groups excluding tert-OH is 2. The number of alkyl halides is 1. The van der Waals surface area contributed by atoms with Crippen molar-refractivity contribution < 1.29 is 19.3 Å². The molecule has 1 aromatic heterocycles. The standard InChI is InChI=1S/C9H11FN2O4S/c10-6-4(3-13)16-8(7(6)15)12-2-1-5(14)11-9(12)17/h1-2,4,6-8,13,15H,3H2,(H,11,14,17)/t4-,6+,7?,8-/m1/s1. The molecule has 1 saturated heterocycles. The zero-order chi connectivity index (χ0) is 12.6. The highest BCUT2D eigenvalue weighted by Crippen LogP contribution is 2.30. The van der Waals surface area contributed by atoms with E-state index in [0.717, 1.165) is 0 Å². The first kappa shape index (κ1) is 12.4. The molecule has 6 nitrogen and oxygen atoms in total. The van der Waals surface area contributed by atoms with Gasteiger partial charge in [0.2, 0.25) is 0 Å². The molecule has 2 rings (SSSR count). The fraction of sp³-hybridized carbons (Fsp3) is 0.556. The van der Waals surface area contributed by atoms with Crippen LogP contribution >= 0.6 is 12.2 Å². The van der Waals surface area contributed by atoms with Crippen molar-refractivity contribution in [3.05, 3.63) is 27.4 Å². The van der Waals surface area contributed by atoms with E-state index in [4.69, 9.17) is 22.1 Å². The molecule has 1 aliphatic rings. The summed E-state index contributed by atoms with van der Waals surface area (Å²) in [7, 11) is 0. The minimum Gasteiger partial charge on any atom is -0.394 e. The number of rotatable bonds is 2. The van der Waals surface area contributed by atoms with Crippen LogP contribution in [0.1, 0.15) is 6.23 Å². The molecule has 94 valence electrons. The fourth-order valence-electron chi connectivity index (χ4n) is 1.71. The predicted molar refractivity (Wildman–Crippen MR) is 57.8 cm³/mol. The van der Waals surface area contributed by atoms with Crippen molar-refractivity contribution in [3.8, 4) is 0 Å². The van der Waals surface area contributed by atoms with E-state index in [2.05, 4.69) is 4.98 Å². The third kappa shape index (κ3) is 2.16. The van der Waals surface area contributed by atoms with Crippen molar-refractivity contribution >= 4 is 12.2 Å². The maximum absolute atomic E-state index is 13.5. The zero-order valence-electron chi connectivity index (χ0n) is 8.62. The van der Waals surface area contributed by atoms with E-state index < -0.39 is 36.8 Å². The number of nitrogens with one attached hydrogen (secondary N) is 1. The van der Waals surface area contributed by atoms with Gasteiger partial charge in [0, 0.05) is 12.3 Å². The Labute approximate surface area is 100 Å². The number of hydrogen-bond donors (Lipinski definition) is 3. The van der Waals surface area contributed by atoms with Crippen LogP contribution in [0, 0.1) is 4.77 Å². The Bertz CT molecular complexity index is 516. The van der Waals surface area contributed by atoms with Gasteiger partial charge >= 0.3 is 0 Å². The zero-order valence-corrected chi connectivity index (χ0v) is 9.43. The number of halogens is 1. The monoisotopic (exact) mass is 262 g/mol. The summed E-state index contributed by atoms with van der Waals surface area (Å²) in [5, 5.41) is 18.5. The van der Waals surface area contributed by atoms with Crippen molar-refractivity contribution in [3.63, 3.8) is 0 Å². The first-order valence-electron chi connectivity index (χ1n) is 4.94. The molecule has 1 aromatic rings. The van der Waals surface area contributed by atoms with Crippen LogP contribution in [0.15, 0.2) is 17.1 Å². The maximum atomic E-state index is 13.5. The Balaban J connectivity index is 2.35. The first-order chi connectivity index (χ1) is 8.04. The molecule has 0 aliphatic carbocycles. The number of ether oxygens (including phenoxy) is 1. The van der Waals surface area contributed by atoms with Crippen molar-refractivity contribution in [2.75, 3.05) is 6.61 Å². The average molecular weight is 262 g/mol. The second kappa shape index (κ2) is 4.65. The van der Waals surface area contributed by atoms with Gasteiger partial charge in [0.1, 0.15) is 12.2 Å². The van der Waals surface area contributed by atoms with Gasteiger partial charge in [-0.1, -0.05) is 0 Å². The lowest BCUT2D eigenvalue weighted by molar-refractivity contribution is -0.0528. The van der Waals surface area contributed by atoms with Crippen LogP contribution in [0.5, 0.6) is 0 Å². The van der Waals surface area contributed by atoms with Gasteiger partial charge in [-0.15, -0.1) is 0 Å². The summed E-state index contributed by atoms with van der Waals surface area (Å²) in [6.07, 6.45) is -3.97. The minimum atomic E-state index is -1.70. The second-order valence-electron chi connectivity index (χ2n) is 3.70. The molecule has 1 aliphatic heterocycles. The van der Waals surface area contributed by atoms with Crippen molar-refractivity contribution in [2.45, 2.75) is 24.6 Å². The summed E-state index contributed by atoms with van der Waals surface area (Å²) in [5.74, 6) is 0. The lowest BCUT2D eigenvalue weighted by Gasteiger charge is -2.17. The van der Waals surface area contributed by atoms with Crippen molar-refractivity contribution in [2.24, 2.45) is 0 Å². The molecule has 0 radical (unpaired) electrons. The van der Waals surface area contributed by atoms with Crippen LogP contribution in [-0.2, 0) is 4.74 Å². The smallest absolute Gasteiger partial charge is 0.251 e. The third-order valence-electron chi connectivity index (χ3n) is 2.59. The highest BCUT2D eigenvalue weighted by Gasteiger charge is 2.44. The van der Waals surface area contributed by atoms with E-state index >= 15 is 0 Å². The highest BCUT2D eigenvalue weighted by molar-refractivity contribution is 7.71. The Morgan fingerprint density at radius 1 is 1.65 bits per heavy atom. The molecular formula is C9H11FN2O4S. The van der Waals surface area contributed by atoms with Gasteiger partial charge in [-0.05, 0) is 12.2 Å². The third-order valence-corrected chi connectivity index (χ3v) is 2.91. The van der Waals surface area contributed by atoms with Gasteiger partial charge < -0.3 is 14.9 Å². The number of H-pyrrole nitrogens is 1. The Morgan fingerprint density at radius 2 is 2.35 bits per heavy atom. The Morgan fingerprint density at radius 3 is 2.88 bits per heavy atom. The summed E-state index contributed by atoms with van der Waals surface area (Å²) in [4.78, 5) is 13.3. The maximum Gasteiger partial charge on any atom is 0.251 e. The molecule has 3 N–H and O–H groups in total. The lowest BCUT2D eigenvalue weighted by atomic mass is 10.1. The van der Waals surface area contributed by atoms with Crippen LogP contribution in [0.4, 0.5) is 4.39 Å². The summed E-state index contributed by atoms with van der Waals surface area (Å²) >= 11 is 4.87. The van der Waals surface area contributed by atoms with E-state index in [1.54, 1.807) is 0 Å². The van der Waals surface area contributed by atoms with Gasteiger partial charge in [0.05, 0.1) is 6.61 Å². The molecule has 1 unspecified atom stereocenters. The van der Waals surface area contributed by atoms with Gasteiger partial charge in [-0.25, -0.2) is 4.39 Å². The molecular weight excluding hydrogens is 251 g/mol. The van der Waals surface area contributed by atoms with E-state index in [1.165, 1.54) is 16.8 Å². The molecule has 0 bridgehead atoms. The van der Waals surface area contributed by atoms with Crippen LogP contribution in [0.3, 0.4) is 0 Å². The van der Waals surface area contributed by atoms with E-state index in [0.29, 0.717) is 0 Å². The van der Waals surface area contributed by atoms with Crippen LogP contribution in [-0.4, -0.2) is 44.8 Å². The quantitative estimate of drug-likeness (QED) is 0.625. The van der Waals surface area contributed by atoms with Gasteiger partial charge in [0.15, 0.2) is 17.2 Å². The average Bonchev–Trinajstić information content (AvgIpc) is 2.57. The summed E-state index contributed by atoms with van der Waals surface area (Å²) in [6, 6.07) is 1.19. The Kier molecular flexibility index (Phi) is 3.38. The topological polar surface area (TPSA) is 87.5 Å². The number of hydrogen-bond acceptors (Lipinski definition) is 5. The van der Waals surface area contributed by atoms with E-state index in [-0.39, 0.29) is 4.77 Å². The molecule has 0 saturated carbocycles. The first-order valence-corrected chi connectivity index (χ1v) is 5.35. The highest BCUT2D eigenvalue weighted by atomic mass is 32.1. The number of aromatic amines is 1. The minimum absolute atomic E-state index is 0.0207. The normalized spacial score (nSPS) is 32.9. The van der Waals surface area contributed by atoms with Gasteiger partial charge in [-0.3, -0.25) is 14.3 Å². The predicted octanol–water partition coefficient (Wildman–Crippen LogP) is -0.505. The van der Waals surface area contributed by atoms with Crippen LogP contribution in [0.2, 0.25) is 0 Å². The van der Waals surface area contributed by atoms with Crippen LogP contribution < -0.4 is 5.56 Å². The SMILES string of the molecule is O=c1ccn([C@@H]2O[C@H](CO)[C@H](F)C2O)c(=S)[nH]1. The van der Waals surface area contributed by atoms with Crippen LogP contribution in [0.25, 0.3) is 0 Å². The van der Waals surface area contributed by atoms with Gasteiger partial charge in [-0.2, -0.15) is 0 Å². The molecule has 0 spiro atoms. The second-order valence-corrected chi connectivity index (χ2v) is 4.09. The lowest BCUT2D eigenvalue weighted by Crippen LogP contribution is -2.30. The molecule has 0 amide bonds. The number of aromatic nitrogens is 2. The molecule has 8 heteroatoms. The number of aliphatic hydroxyl groups is 2. The van der Waals surface area contributed by atoms with Crippen molar-refractivity contribution in [1.29, 1.82) is 0 Å². The Hall–Kier alpha value is -1.09. The fourth-order valence-corrected chi connectivity index (χ4v) is 1.98. The molecule has 2 heterocycles. The molecule has 4 atom stereocenters.